The fourth-order valence-electron chi connectivity index (χ4n) is 2.37. The summed E-state index contributed by atoms with van der Waals surface area (Å²) in [5, 5.41) is 8.79. The van der Waals surface area contributed by atoms with Crippen molar-refractivity contribution in [3.8, 4) is 6.07 Å². The van der Waals surface area contributed by atoms with Crippen molar-refractivity contribution in [2.24, 2.45) is 0 Å². The van der Waals surface area contributed by atoms with E-state index in [1.54, 1.807) is 18.2 Å². The van der Waals surface area contributed by atoms with E-state index in [4.69, 9.17) is 10.00 Å². The van der Waals surface area contributed by atoms with Gasteiger partial charge in [-0.15, -0.1) is 0 Å². The van der Waals surface area contributed by atoms with Crippen LogP contribution in [0, 0.1) is 11.3 Å². The summed E-state index contributed by atoms with van der Waals surface area (Å²) in [6, 6.07) is 8.07. The van der Waals surface area contributed by atoms with Crippen molar-refractivity contribution in [1.82, 2.24) is 4.90 Å². The van der Waals surface area contributed by atoms with Crippen LogP contribution in [0.3, 0.4) is 0 Å². The van der Waals surface area contributed by atoms with Crippen molar-refractivity contribution in [2.45, 2.75) is 25.1 Å². The summed E-state index contributed by atoms with van der Waals surface area (Å²) in [6.45, 7) is -0.441. The van der Waals surface area contributed by atoms with Gasteiger partial charge < -0.3 is 4.74 Å². The lowest BCUT2D eigenvalue weighted by Crippen LogP contribution is -2.42. The molecule has 1 aliphatic heterocycles. The van der Waals surface area contributed by atoms with Crippen molar-refractivity contribution in [3.05, 3.63) is 35.4 Å². The number of carbonyl (C=O) groups is 1. The second kappa shape index (κ2) is 6.79. The average molecular weight is 312 g/mol. The van der Waals surface area contributed by atoms with Crippen LogP contribution < -0.4 is 0 Å². The molecule has 0 saturated carbocycles. The Morgan fingerprint density at radius 3 is 2.64 bits per heavy atom. The van der Waals surface area contributed by atoms with Gasteiger partial charge >= 0.3 is 12.1 Å². The van der Waals surface area contributed by atoms with E-state index in [2.05, 4.69) is 0 Å². The van der Waals surface area contributed by atoms with E-state index < -0.39 is 18.7 Å². The van der Waals surface area contributed by atoms with Gasteiger partial charge in [-0.3, -0.25) is 4.90 Å². The molecule has 4 nitrogen and oxygen atoms in total. The first-order valence-electron chi connectivity index (χ1n) is 6.87. The Morgan fingerprint density at radius 2 is 2.05 bits per heavy atom. The van der Waals surface area contributed by atoms with Crippen molar-refractivity contribution < 1.29 is 22.7 Å². The molecule has 1 saturated heterocycles. The highest BCUT2D eigenvalue weighted by atomic mass is 19.4. The molecule has 0 unspecified atom stereocenters. The van der Waals surface area contributed by atoms with Crippen molar-refractivity contribution >= 4 is 5.97 Å². The first-order valence-corrected chi connectivity index (χ1v) is 6.87. The van der Waals surface area contributed by atoms with Crippen molar-refractivity contribution in [1.29, 1.82) is 5.26 Å². The number of carbonyl (C=O) groups excluding carboxylic acids is 1. The van der Waals surface area contributed by atoms with Crippen molar-refractivity contribution in [3.63, 3.8) is 0 Å². The lowest BCUT2D eigenvalue weighted by atomic mass is 10.1. The second-order valence-corrected chi connectivity index (χ2v) is 5.19. The smallest absolute Gasteiger partial charge is 0.401 e. The van der Waals surface area contributed by atoms with Gasteiger partial charge in [-0.2, -0.15) is 18.4 Å². The molecule has 0 atom stereocenters. The number of halogens is 3. The van der Waals surface area contributed by atoms with Gasteiger partial charge in [0.25, 0.3) is 0 Å². The number of likely N-dealkylation sites (tertiary alicyclic amines) is 1. The molecule has 0 amide bonds. The predicted octanol–water partition coefficient (Wildman–Crippen LogP) is 2.74. The molecule has 0 aliphatic carbocycles. The number of alkyl halides is 3. The van der Waals surface area contributed by atoms with Gasteiger partial charge in [0, 0.05) is 13.1 Å². The Balaban J connectivity index is 1.85. The molecular formula is C15H15F3N2O2. The van der Waals surface area contributed by atoms with Crippen LogP contribution in [0.15, 0.2) is 24.3 Å². The van der Waals surface area contributed by atoms with Crippen LogP contribution in [0.5, 0.6) is 0 Å². The Bertz CT molecular complexity index is 573. The molecule has 0 spiro atoms. The molecule has 7 heteroatoms. The number of hydrogen-bond donors (Lipinski definition) is 0. The zero-order valence-corrected chi connectivity index (χ0v) is 11.8. The minimum atomic E-state index is -4.21. The van der Waals surface area contributed by atoms with Crippen molar-refractivity contribution in [2.75, 3.05) is 19.6 Å². The predicted molar refractivity (Wildman–Crippen MR) is 72.1 cm³/mol. The highest BCUT2D eigenvalue weighted by Crippen LogP contribution is 2.21. The lowest BCUT2D eigenvalue weighted by Gasteiger charge is -2.31. The van der Waals surface area contributed by atoms with E-state index in [1.165, 1.54) is 11.0 Å². The Morgan fingerprint density at radius 1 is 1.36 bits per heavy atom. The molecule has 0 radical (unpaired) electrons. The first kappa shape index (κ1) is 16.3. The maximum Gasteiger partial charge on any atom is 0.401 e. The van der Waals surface area contributed by atoms with E-state index in [-0.39, 0.29) is 24.8 Å². The number of nitriles is 1. The summed E-state index contributed by atoms with van der Waals surface area (Å²) in [5.74, 6) is -0.550. The van der Waals surface area contributed by atoms with Gasteiger partial charge in [-0.05, 0) is 31.0 Å². The summed E-state index contributed by atoms with van der Waals surface area (Å²) in [4.78, 5) is 13.3. The minimum absolute atomic E-state index is 0.246. The summed E-state index contributed by atoms with van der Waals surface area (Å²) >= 11 is 0. The number of ether oxygens (including phenoxy) is 1. The zero-order chi connectivity index (χ0) is 16.2. The number of benzene rings is 1. The Labute approximate surface area is 126 Å². The van der Waals surface area contributed by atoms with Crippen LogP contribution in [-0.4, -0.2) is 42.8 Å². The van der Waals surface area contributed by atoms with Crippen LogP contribution in [-0.2, 0) is 4.74 Å². The number of esters is 1. The normalized spacial score (nSPS) is 17.0. The summed E-state index contributed by atoms with van der Waals surface area (Å²) < 4.78 is 42.2. The summed E-state index contributed by atoms with van der Waals surface area (Å²) in [5.41, 5.74) is 0.631. The van der Waals surface area contributed by atoms with Crippen LogP contribution in [0.1, 0.15) is 28.8 Å². The molecule has 1 fully saturated rings. The molecule has 0 bridgehead atoms. The summed E-state index contributed by atoms with van der Waals surface area (Å²) in [6.07, 6.45) is -3.84. The van der Waals surface area contributed by atoms with E-state index in [0.717, 1.165) is 0 Å². The van der Waals surface area contributed by atoms with Gasteiger partial charge in [0.15, 0.2) is 0 Å². The summed E-state index contributed by atoms with van der Waals surface area (Å²) in [7, 11) is 0. The monoisotopic (exact) mass is 312 g/mol. The highest BCUT2D eigenvalue weighted by molar-refractivity contribution is 5.89. The molecule has 118 valence electrons. The third kappa shape index (κ3) is 4.74. The standard InChI is InChI=1S/C15H15F3N2O2/c16-15(17,18)10-20-6-4-13(5-7-20)22-14(21)12-3-1-2-11(8-12)9-19/h1-3,8,13H,4-7,10H2. The fourth-order valence-corrected chi connectivity index (χ4v) is 2.37. The molecule has 0 N–H and O–H groups in total. The third-order valence-electron chi connectivity index (χ3n) is 3.44. The van der Waals surface area contributed by atoms with Gasteiger partial charge in [0.1, 0.15) is 6.10 Å². The van der Waals surface area contributed by atoms with Gasteiger partial charge in [-0.25, -0.2) is 4.79 Å². The largest absolute Gasteiger partial charge is 0.459 e. The quantitative estimate of drug-likeness (QED) is 0.805. The Kier molecular flexibility index (Phi) is 5.03. The maximum atomic E-state index is 12.3. The zero-order valence-electron chi connectivity index (χ0n) is 11.8. The SMILES string of the molecule is N#Cc1cccc(C(=O)OC2CCN(CC(F)(F)F)CC2)c1. The molecular weight excluding hydrogens is 297 g/mol. The van der Waals surface area contributed by atoms with Gasteiger partial charge in [0.05, 0.1) is 23.7 Å². The molecule has 1 heterocycles. The van der Waals surface area contributed by atoms with E-state index >= 15 is 0 Å². The van der Waals surface area contributed by atoms with Crippen LogP contribution >= 0.6 is 0 Å². The van der Waals surface area contributed by atoms with E-state index in [1.807, 2.05) is 6.07 Å². The van der Waals surface area contributed by atoms with Crippen LogP contribution in [0.25, 0.3) is 0 Å². The molecule has 1 aromatic rings. The minimum Gasteiger partial charge on any atom is -0.459 e. The van der Waals surface area contributed by atoms with E-state index in [0.29, 0.717) is 18.4 Å². The third-order valence-corrected chi connectivity index (χ3v) is 3.44. The fraction of sp³-hybridized carbons (Fsp3) is 0.467. The van der Waals surface area contributed by atoms with E-state index in [9.17, 15) is 18.0 Å². The lowest BCUT2D eigenvalue weighted by molar-refractivity contribution is -0.150. The maximum absolute atomic E-state index is 12.3. The number of rotatable bonds is 3. The number of nitrogens with zero attached hydrogens (tertiary/aromatic N) is 2. The number of hydrogen-bond acceptors (Lipinski definition) is 4. The van der Waals surface area contributed by atoms with Crippen LogP contribution in [0.2, 0.25) is 0 Å². The molecule has 2 rings (SSSR count). The first-order chi connectivity index (χ1) is 10.4. The topological polar surface area (TPSA) is 53.3 Å². The van der Waals surface area contributed by atoms with Gasteiger partial charge in [-0.1, -0.05) is 6.07 Å². The number of piperidine rings is 1. The van der Waals surface area contributed by atoms with Gasteiger partial charge in [0.2, 0.25) is 0 Å². The molecule has 0 aromatic heterocycles. The van der Waals surface area contributed by atoms with Crippen LogP contribution in [0.4, 0.5) is 13.2 Å². The molecule has 22 heavy (non-hydrogen) atoms. The highest BCUT2D eigenvalue weighted by Gasteiger charge is 2.33. The molecule has 1 aromatic carbocycles. The Hall–Kier alpha value is -2.07. The average Bonchev–Trinajstić information content (AvgIpc) is 2.48. The molecule has 1 aliphatic rings. The second-order valence-electron chi connectivity index (χ2n) is 5.19.